The number of hydrogen-bond donors (Lipinski definition) is 1. The number of nitrogens with zero attached hydrogens (tertiary/aromatic N) is 2. The predicted molar refractivity (Wildman–Crippen MR) is 86.9 cm³/mol. The Morgan fingerprint density at radius 3 is 3.26 bits per heavy atom. The number of sulfonamides is 1. The highest BCUT2D eigenvalue weighted by molar-refractivity contribution is 7.96. The molecule has 2 aromatic rings. The summed E-state index contributed by atoms with van der Waals surface area (Å²) in [5, 5.41) is 2.06. The third-order valence-electron chi connectivity index (χ3n) is 4.28. The van der Waals surface area contributed by atoms with E-state index < -0.39 is 15.9 Å². The summed E-state index contributed by atoms with van der Waals surface area (Å²) in [7, 11) is -3.62. The Kier molecular flexibility index (Phi) is 3.73. The molecule has 0 bridgehead atoms. The van der Waals surface area contributed by atoms with Crippen LogP contribution in [0.5, 0.6) is 5.75 Å². The van der Waals surface area contributed by atoms with Crippen molar-refractivity contribution in [2.24, 2.45) is 0 Å². The molecule has 0 aliphatic carbocycles. The molecule has 6 nitrogen and oxygen atoms in total. The average molecular weight is 351 g/mol. The molecule has 0 radical (unpaired) electrons. The summed E-state index contributed by atoms with van der Waals surface area (Å²) < 4.78 is 33.9. The van der Waals surface area contributed by atoms with E-state index in [1.807, 2.05) is 6.07 Å². The number of hydrogen-bond acceptors (Lipinski definition) is 6. The van der Waals surface area contributed by atoms with Crippen LogP contribution in [0.15, 0.2) is 40.9 Å². The van der Waals surface area contributed by atoms with Crippen molar-refractivity contribution in [2.75, 3.05) is 19.7 Å². The Morgan fingerprint density at radius 1 is 1.52 bits per heavy atom. The molecule has 2 atom stereocenters. The van der Waals surface area contributed by atoms with Crippen molar-refractivity contribution in [3.8, 4) is 5.75 Å². The van der Waals surface area contributed by atoms with E-state index in [0.717, 1.165) is 19.5 Å². The molecule has 23 heavy (non-hydrogen) atoms. The number of nitrogens with one attached hydrogen (secondary N) is 1. The highest BCUT2D eigenvalue weighted by Gasteiger charge is 2.48. The Hall–Kier alpha value is -1.32. The number of ether oxygens (including phenoxy) is 1. The van der Waals surface area contributed by atoms with Gasteiger partial charge in [0.25, 0.3) is 0 Å². The lowest BCUT2D eigenvalue weighted by Crippen LogP contribution is -2.54. The lowest BCUT2D eigenvalue weighted by Gasteiger charge is -2.28. The van der Waals surface area contributed by atoms with Gasteiger partial charge < -0.3 is 9.29 Å². The molecule has 1 spiro atoms. The van der Waals surface area contributed by atoms with Crippen molar-refractivity contribution < 1.29 is 13.5 Å². The van der Waals surface area contributed by atoms with Crippen LogP contribution in [0, 0.1) is 0 Å². The van der Waals surface area contributed by atoms with Gasteiger partial charge in [-0.1, -0.05) is 10.3 Å². The molecule has 2 aliphatic heterocycles. The maximum Gasteiger partial charge on any atom is 0.235 e. The second-order valence-electron chi connectivity index (χ2n) is 6.04. The van der Waals surface area contributed by atoms with E-state index in [2.05, 4.69) is 26.1 Å². The average Bonchev–Trinajstić information content (AvgIpc) is 3.14. The maximum absolute atomic E-state index is 12.6. The van der Waals surface area contributed by atoms with Gasteiger partial charge in [-0.3, -0.25) is 9.88 Å². The Balaban J connectivity index is 1.56. The molecule has 2 unspecified atom stereocenters. The SMILES string of the molecule is O=[S+]1([O-])NC2(CCN(Cc3cccs3)C2)COc2ccncc21. The van der Waals surface area contributed by atoms with E-state index in [1.165, 1.54) is 11.1 Å². The Morgan fingerprint density at radius 2 is 2.43 bits per heavy atom. The molecule has 1 saturated heterocycles. The molecule has 4 heterocycles. The smallest absolute Gasteiger partial charge is 0.235 e. The first-order valence-corrected chi connectivity index (χ1v) is 9.78. The summed E-state index contributed by atoms with van der Waals surface area (Å²) >= 11 is 1.72. The molecule has 122 valence electrons. The van der Waals surface area contributed by atoms with Crippen LogP contribution >= 0.6 is 11.3 Å². The van der Waals surface area contributed by atoms with Crippen molar-refractivity contribution in [1.82, 2.24) is 14.6 Å². The summed E-state index contributed by atoms with van der Waals surface area (Å²) in [6.07, 6.45) is 3.62. The zero-order valence-corrected chi connectivity index (χ0v) is 14.1. The van der Waals surface area contributed by atoms with Gasteiger partial charge in [-0.15, -0.1) is 16.1 Å². The zero-order valence-electron chi connectivity index (χ0n) is 12.4. The Labute approximate surface area is 139 Å². The number of rotatable bonds is 2. The van der Waals surface area contributed by atoms with Crippen LogP contribution in [0.1, 0.15) is 11.3 Å². The molecule has 8 heteroatoms. The summed E-state index contributed by atoms with van der Waals surface area (Å²) in [6.45, 7) is 2.67. The molecular formula is C15H17N3O3S2. The lowest BCUT2D eigenvalue weighted by atomic mass is 10.0. The fourth-order valence-electron chi connectivity index (χ4n) is 3.19. The van der Waals surface area contributed by atoms with Gasteiger partial charge in [0.2, 0.25) is 4.90 Å². The molecular weight excluding hydrogens is 334 g/mol. The lowest BCUT2D eigenvalue weighted by molar-refractivity contribution is 0.198. The van der Waals surface area contributed by atoms with Gasteiger partial charge in [0.1, 0.15) is 12.1 Å². The quantitative estimate of drug-likeness (QED) is 0.833. The van der Waals surface area contributed by atoms with Gasteiger partial charge in [-0.2, -0.15) is 0 Å². The van der Waals surface area contributed by atoms with Crippen LogP contribution < -0.4 is 9.46 Å². The zero-order chi connectivity index (χ0) is 15.9. The number of aromatic nitrogens is 1. The summed E-state index contributed by atoms with van der Waals surface area (Å²) in [5.41, 5.74) is -0.574. The summed E-state index contributed by atoms with van der Waals surface area (Å²) in [4.78, 5) is 7.58. The molecule has 1 fully saturated rings. The van der Waals surface area contributed by atoms with E-state index in [4.69, 9.17) is 4.74 Å². The van der Waals surface area contributed by atoms with E-state index in [1.54, 1.807) is 23.6 Å². The molecule has 0 amide bonds. The van der Waals surface area contributed by atoms with Gasteiger partial charge in [-0.05, 0) is 17.9 Å². The van der Waals surface area contributed by atoms with E-state index in [9.17, 15) is 8.76 Å². The fourth-order valence-corrected chi connectivity index (χ4v) is 5.43. The minimum Gasteiger partial charge on any atom is -0.593 e. The third-order valence-corrected chi connectivity index (χ3v) is 6.73. The van der Waals surface area contributed by atoms with E-state index in [-0.39, 0.29) is 4.90 Å². The van der Waals surface area contributed by atoms with E-state index in [0.29, 0.717) is 18.9 Å². The standard InChI is InChI=1S/C15H17N3O3S2/c19-23(20)14-8-16-5-3-13(14)21-11-15(17-23)4-6-18(10-15)9-12-2-1-7-22-12/h1-3,5,7-8H,4,6,9-11H2,(H-,17,19,20). The van der Waals surface area contributed by atoms with Crippen LogP contribution in [0.25, 0.3) is 0 Å². The molecule has 1 N–H and O–H groups in total. The number of fused-ring (bicyclic) bond motifs is 1. The van der Waals surface area contributed by atoms with Gasteiger partial charge in [-0.25, -0.2) is 0 Å². The molecule has 2 aromatic heterocycles. The van der Waals surface area contributed by atoms with Crippen LogP contribution in [0.2, 0.25) is 0 Å². The number of thiophene rings is 1. The van der Waals surface area contributed by atoms with Crippen LogP contribution in [-0.2, 0) is 21.2 Å². The van der Waals surface area contributed by atoms with Gasteiger partial charge in [0.05, 0.1) is 6.20 Å². The molecule has 2 aliphatic rings. The summed E-state index contributed by atoms with van der Waals surface area (Å²) in [6, 6.07) is 5.74. The first-order valence-electron chi connectivity index (χ1n) is 7.42. The largest absolute Gasteiger partial charge is 0.593 e. The van der Waals surface area contributed by atoms with E-state index >= 15 is 0 Å². The van der Waals surface area contributed by atoms with Crippen molar-refractivity contribution in [3.05, 3.63) is 40.8 Å². The number of likely N-dealkylation sites (tertiary alicyclic amines) is 1. The second-order valence-corrected chi connectivity index (χ2v) is 8.72. The summed E-state index contributed by atoms with van der Waals surface area (Å²) in [5.74, 6) is 0.376. The fraction of sp³-hybridized carbons (Fsp3) is 0.400. The molecule has 0 aromatic carbocycles. The highest BCUT2D eigenvalue weighted by atomic mass is 32.3. The van der Waals surface area contributed by atoms with Crippen molar-refractivity contribution in [2.45, 2.75) is 23.4 Å². The Bertz CT molecular complexity index is 752. The monoisotopic (exact) mass is 351 g/mol. The minimum absolute atomic E-state index is 0.119. The topological polar surface area (TPSA) is 77.5 Å². The van der Waals surface area contributed by atoms with Crippen LogP contribution in [0.4, 0.5) is 0 Å². The van der Waals surface area contributed by atoms with Crippen LogP contribution in [-0.4, -0.2) is 39.7 Å². The molecule has 4 rings (SSSR count). The van der Waals surface area contributed by atoms with Crippen molar-refractivity contribution >= 4 is 21.7 Å². The van der Waals surface area contributed by atoms with Gasteiger partial charge in [0.15, 0.2) is 16.1 Å². The predicted octanol–water partition coefficient (Wildman–Crippen LogP) is 1.67. The first-order chi connectivity index (χ1) is 11.1. The first kappa shape index (κ1) is 15.2. The highest BCUT2D eigenvalue weighted by Crippen LogP contribution is 2.35. The molecule has 0 saturated carbocycles. The van der Waals surface area contributed by atoms with Crippen molar-refractivity contribution in [3.63, 3.8) is 0 Å². The normalized spacial score (nSPS) is 30.8. The number of pyridine rings is 1. The maximum atomic E-state index is 12.6. The third kappa shape index (κ3) is 2.92. The second kappa shape index (κ2) is 5.64. The van der Waals surface area contributed by atoms with Gasteiger partial charge >= 0.3 is 0 Å². The van der Waals surface area contributed by atoms with Crippen molar-refractivity contribution in [1.29, 1.82) is 0 Å². The minimum atomic E-state index is -3.62. The van der Waals surface area contributed by atoms with Crippen LogP contribution in [0.3, 0.4) is 0 Å². The van der Waals surface area contributed by atoms with Gasteiger partial charge in [0, 0.05) is 36.8 Å².